The first-order valence-electron chi connectivity index (χ1n) is 11.6. The second-order valence-electron chi connectivity index (χ2n) is 8.71. The van der Waals surface area contributed by atoms with Crippen molar-refractivity contribution in [2.24, 2.45) is 10.8 Å². The molecule has 1 radical (unpaired) electrons. The number of allylic oxidation sites excluding steroid dienone is 2. The van der Waals surface area contributed by atoms with Crippen LogP contribution in [-0.2, 0) is 24.9 Å². The number of ether oxygens (including phenoxy) is 1. The van der Waals surface area contributed by atoms with Crippen LogP contribution in [0.3, 0.4) is 0 Å². The van der Waals surface area contributed by atoms with E-state index in [1.54, 1.807) is 17.5 Å². The van der Waals surface area contributed by atoms with Crippen molar-refractivity contribution in [3.05, 3.63) is 65.9 Å². The molecule has 2 heterocycles. The van der Waals surface area contributed by atoms with Crippen LogP contribution in [0.4, 0.5) is 0 Å². The van der Waals surface area contributed by atoms with Gasteiger partial charge in [0.15, 0.2) is 5.78 Å². The monoisotopic (exact) mass is 659 g/mol. The molecule has 3 aromatic rings. The number of hydrogen-bond donors (Lipinski definition) is 1. The summed E-state index contributed by atoms with van der Waals surface area (Å²) in [7, 11) is 0. The Morgan fingerprint density at radius 1 is 1.06 bits per heavy atom. The van der Waals surface area contributed by atoms with Crippen LogP contribution in [0.5, 0.6) is 11.6 Å². The van der Waals surface area contributed by atoms with E-state index in [0.717, 1.165) is 31.1 Å². The number of para-hydroxylation sites is 1. The Morgan fingerprint density at radius 3 is 2.26 bits per heavy atom. The predicted molar refractivity (Wildman–Crippen MR) is 138 cm³/mol. The van der Waals surface area contributed by atoms with Crippen molar-refractivity contribution in [1.29, 1.82) is 0 Å². The molecule has 3 rings (SSSR count). The largest absolute Gasteiger partial charge is 0.512 e. The van der Waals surface area contributed by atoms with Gasteiger partial charge in [-0.1, -0.05) is 41.5 Å². The van der Waals surface area contributed by atoms with Crippen LogP contribution in [0.15, 0.2) is 59.8 Å². The van der Waals surface area contributed by atoms with Crippen molar-refractivity contribution < 1.29 is 34.7 Å². The molecule has 6 heteroatoms. The number of rotatable bonds is 9. The Balaban J connectivity index is 0.000000330. The van der Waals surface area contributed by atoms with E-state index >= 15 is 0 Å². The standard InChI is InChI=1S/C15H28O2.C13H8NOS.Ir/c1-7-14(5,8-2)12(16)11-13(17)15(6,9-3)10-4;1-2-4-10(5-3-1)15-13-11-7-9-16-12(11)6-8-14-13;/h11,16H,7-10H2,1-6H3;1-4,6-9H;/q;-1;/b12-11-;;. The summed E-state index contributed by atoms with van der Waals surface area (Å²) in [4.78, 5) is 16.4. The quantitative estimate of drug-likeness (QED) is 0.142. The number of pyridine rings is 1. The molecule has 187 valence electrons. The van der Waals surface area contributed by atoms with Gasteiger partial charge in [-0.05, 0) is 43.2 Å². The number of carbonyl (C=O) groups is 1. The van der Waals surface area contributed by atoms with Gasteiger partial charge in [0.1, 0.15) is 5.76 Å². The third kappa shape index (κ3) is 7.49. The van der Waals surface area contributed by atoms with E-state index in [-0.39, 0.29) is 42.5 Å². The number of ketones is 1. The molecule has 1 N–H and O–H groups in total. The Hall–Kier alpha value is -2.01. The zero-order valence-corrected chi connectivity index (χ0v) is 24.2. The molecular weight excluding hydrogens is 623 g/mol. The Morgan fingerprint density at radius 2 is 1.71 bits per heavy atom. The van der Waals surface area contributed by atoms with Crippen molar-refractivity contribution in [1.82, 2.24) is 4.98 Å². The number of aliphatic hydroxyl groups excluding tert-OH is 1. The second kappa shape index (κ2) is 13.8. The predicted octanol–water partition coefficient (Wildman–Crippen LogP) is 8.54. The molecule has 4 nitrogen and oxygen atoms in total. The van der Waals surface area contributed by atoms with E-state index in [1.807, 2.05) is 83.3 Å². The van der Waals surface area contributed by atoms with E-state index in [2.05, 4.69) is 11.1 Å². The molecule has 0 spiro atoms. The van der Waals surface area contributed by atoms with Gasteiger partial charge < -0.3 is 9.84 Å². The maximum absolute atomic E-state index is 12.2. The number of carbonyl (C=O) groups excluding carboxylic acids is 1. The molecule has 0 aliphatic rings. The summed E-state index contributed by atoms with van der Waals surface area (Å²) in [6, 6.07) is 14.5. The van der Waals surface area contributed by atoms with E-state index < -0.39 is 0 Å². The van der Waals surface area contributed by atoms with Gasteiger partial charge in [-0.15, -0.1) is 23.5 Å². The van der Waals surface area contributed by atoms with Gasteiger partial charge in [0.2, 0.25) is 5.88 Å². The fourth-order valence-electron chi connectivity index (χ4n) is 3.18. The van der Waals surface area contributed by atoms with Crippen molar-refractivity contribution in [2.75, 3.05) is 0 Å². The van der Waals surface area contributed by atoms with Gasteiger partial charge in [-0.25, -0.2) is 4.98 Å². The van der Waals surface area contributed by atoms with Crippen molar-refractivity contribution >= 4 is 27.2 Å². The van der Waals surface area contributed by atoms with Gasteiger partial charge in [-0.2, -0.15) is 18.2 Å². The molecule has 0 saturated heterocycles. The first kappa shape index (κ1) is 30.0. The molecule has 0 saturated carbocycles. The maximum atomic E-state index is 12.2. The topological polar surface area (TPSA) is 59.4 Å². The van der Waals surface area contributed by atoms with Gasteiger partial charge >= 0.3 is 0 Å². The molecule has 0 aliphatic heterocycles. The minimum absolute atomic E-state index is 0. The summed E-state index contributed by atoms with van der Waals surface area (Å²) < 4.78 is 6.87. The first-order valence-corrected chi connectivity index (χ1v) is 12.5. The number of fused-ring (bicyclic) bond motifs is 1. The Kier molecular flexibility index (Phi) is 12.2. The maximum Gasteiger partial charge on any atom is 0.225 e. The van der Waals surface area contributed by atoms with Gasteiger partial charge in [0.05, 0.1) is 5.39 Å². The summed E-state index contributed by atoms with van der Waals surface area (Å²) in [5.74, 6) is 1.61. The number of aliphatic hydroxyl groups is 1. The molecule has 0 unspecified atom stereocenters. The minimum atomic E-state index is -0.337. The fourth-order valence-corrected chi connectivity index (χ4v) is 3.95. The van der Waals surface area contributed by atoms with Crippen LogP contribution in [0.2, 0.25) is 0 Å². The Labute approximate surface area is 221 Å². The Bertz CT molecular complexity index is 1050. The molecule has 0 bridgehead atoms. The number of hydrogen-bond acceptors (Lipinski definition) is 5. The molecule has 2 aromatic heterocycles. The summed E-state index contributed by atoms with van der Waals surface area (Å²) in [6.45, 7) is 12.1. The van der Waals surface area contributed by atoms with Crippen LogP contribution >= 0.6 is 11.3 Å². The zero-order chi connectivity index (χ0) is 24.5. The molecule has 0 aliphatic carbocycles. The van der Waals surface area contributed by atoms with Gasteiger partial charge in [0, 0.05) is 53.7 Å². The third-order valence-corrected chi connectivity index (χ3v) is 7.71. The normalized spacial score (nSPS) is 11.9. The summed E-state index contributed by atoms with van der Waals surface area (Å²) in [5.41, 5.74) is -0.603. The fraction of sp³-hybridized carbons (Fsp3) is 0.429. The number of aromatic nitrogens is 1. The first-order chi connectivity index (χ1) is 15.7. The van der Waals surface area contributed by atoms with E-state index in [4.69, 9.17) is 4.74 Å². The van der Waals surface area contributed by atoms with Crippen molar-refractivity contribution in [3.63, 3.8) is 0 Å². The van der Waals surface area contributed by atoms with Crippen molar-refractivity contribution in [3.8, 4) is 11.6 Å². The van der Waals surface area contributed by atoms with Gasteiger partial charge in [0.25, 0.3) is 0 Å². The number of thiophene rings is 1. The molecular formula is C28H36IrNO3S-. The summed E-state index contributed by atoms with van der Waals surface area (Å²) in [5, 5.41) is 13.2. The van der Waals surface area contributed by atoms with Crippen LogP contribution in [-0.4, -0.2) is 15.9 Å². The SMILES string of the molecule is CCC(C)(CC)C(=O)/C=C(\O)C(C)(CC)CC.[Ir].[c-]1ccccc1Oc1nccc2sccc12. The molecule has 0 atom stereocenters. The van der Waals surface area contributed by atoms with Gasteiger partial charge in [-0.3, -0.25) is 4.79 Å². The van der Waals surface area contributed by atoms with Crippen LogP contribution < -0.4 is 4.74 Å². The summed E-state index contributed by atoms with van der Waals surface area (Å²) in [6.07, 6.45) is 6.52. The molecule has 0 fully saturated rings. The summed E-state index contributed by atoms with van der Waals surface area (Å²) >= 11 is 1.68. The average molecular weight is 659 g/mol. The van der Waals surface area contributed by atoms with Crippen LogP contribution in [0.25, 0.3) is 10.1 Å². The second-order valence-corrected chi connectivity index (χ2v) is 9.65. The average Bonchev–Trinajstić information content (AvgIpc) is 3.34. The third-order valence-electron chi connectivity index (χ3n) is 6.83. The number of nitrogens with zero attached hydrogens (tertiary/aromatic N) is 1. The molecule has 34 heavy (non-hydrogen) atoms. The smallest absolute Gasteiger partial charge is 0.225 e. The van der Waals surface area contributed by atoms with E-state index in [1.165, 1.54) is 10.8 Å². The van der Waals surface area contributed by atoms with Crippen LogP contribution in [0.1, 0.15) is 67.2 Å². The molecule has 1 aromatic carbocycles. The number of benzene rings is 1. The van der Waals surface area contributed by atoms with Crippen molar-refractivity contribution in [2.45, 2.75) is 67.2 Å². The molecule has 0 amide bonds. The zero-order valence-electron chi connectivity index (χ0n) is 21.0. The van der Waals surface area contributed by atoms with E-state index in [0.29, 0.717) is 11.6 Å². The van der Waals surface area contributed by atoms with E-state index in [9.17, 15) is 9.90 Å². The minimum Gasteiger partial charge on any atom is -0.512 e. The van der Waals surface area contributed by atoms with Crippen LogP contribution in [0, 0.1) is 16.9 Å².